The van der Waals surface area contributed by atoms with Gasteiger partial charge in [0.2, 0.25) is 0 Å². The maximum atomic E-state index is 12.7. The minimum atomic E-state index is -1.60. The Morgan fingerprint density at radius 1 is 1.25 bits per heavy atom. The highest BCUT2D eigenvalue weighted by atomic mass is 16.5. The van der Waals surface area contributed by atoms with Gasteiger partial charge in [0.15, 0.2) is 5.78 Å². The van der Waals surface area contributed by atoms with Gasteiger partial charge in [-0.25, -0.2) is 4.79 Å². The van der Waals surface area contributed by atoms with Crippen LogP contribution in [0.2, 0.25) is 0 Å². The van der Waals surface area contributed by atoms with Gasteiger partial charge >= 0.3 is 5.97 Å². The van der Waals surface area contributed by atoms with Crippen LogP contribution in [0.3, 0.4) is 0 Å². The minimum absolute atomic E-state index is 0.0691. The standard InChI is InChI=1S/C21H25NO6/c1-4-22-15-10-14-6-5-7-16(23)20(26)17(24)9-8-12(2)13(3)28-21(27)19(14)18(25)11-15/h8-13,16,20,22-23,25-26H,4,7H2,1-3H3/b9-8-/t12?,13?,16?,20-/m0/s1. The number of anilines is 1. The Bertz CT molecular complexity index is 835. The summed E-state index contributed by atoms with van der Waals surface area (Å²) in [5.41, 5.74) is 0.726. The number of carbonyl (C=O) groups excluding carboxylic acids is 2. The van der Waals surface area contributed by atoms with E-state index in [1.54, 1.807) is 19.9 Å². The van der Waals surface area contributed by atoms with Crippen molar-refractivity contribution < 1.29 is 29.6 Å². The summed E-state index contributed by atoms with van der Waals surface area (Å²) < 4.78 is 5.44. The van der Waals surface area contributed by atoms with Crippen LogP contribution in [0.1, 0.15) is 43.1 Å². The Balaban J connectivity index is 2.53. The summed E-state index contributed by atoms with van der Waals surface area (Å²) in [5.74, 6) is 3.39. The first-order valence-corrected chi connectivity index (χ1v) is 9.13. The van der Waals surface area contributed by atoms with Gasteiger partial charge in [-0.2, -0.15) is 0 Å². The third kappa shape index (κ3) is 5.12. The molecule has 1 aliphatic heterocycles. The van der Waals surface area contributed by atoms with Gasteiger partial charge < -0.3 is 25.4 Å². The number of rotatable bonds is 2. The molecule has 7 heteroatoms. The molecule has 0 amide bonds. The van der Waals surface area contributed by atoms with E-state index in [2.05, 4.69) is 17.2 Å². The molecule has 4 N–H and O–H groups in total. The van der Waals surface area contributed by atoms with Crippen LogP contribution in [0.25, 0.3) is 0 Å². The second kappa shape index (κ2) is 9.40. The summed E-state index contributed by atoms with van der Waals surface area (Å²) in [5, 5.41) is 33.4. The lowest BCUT2D eigenvalue weighted by Gasteiger charge is -2.19. The first-order valence-electron chi connectivity index (χ1n) is 9.13. The molecular formula is C21H25NO6. The number of nitrogens with one attached hydrogen (secondary N) is 1. The average Bonchev–Trinajstić information content (AvgIpc) is 2.64. The van der Waals surface area contributed by atoms with Crippen molar-refractivity contribution in [1.82, 2.24) is 0 Å². The van der Waals surface area contributed by atoms with Crippen LogP contribution in [0.15, 0.2) is 24.3 Å². The molecule has 1 aromatic carbocycles. The van der Waals surface area contributed by atoms with Crippen LogP contribution in [-0.2, 0) is 9.53 Å². The normalized spacial score (nSPS) is 26.9. The van der Waals surface area contributed by atoms with Crippen molar-refractivity contribution in [2.45, 2.75) is 45.5 Å². The second-order valence-corrected chi connectivity index (χ2v) is 6.70. The number of ether oxygens (including phenoxy) is 1. The van der Waals surface area contributed by atoms with Gasteiger partial charge in [0.25, 0.3) is 0 Å². The van der Waals surface area contributed by atoms with E-state index in [0.29, 0.717) is 12.2 Å². The van der Waals surface area contributed by atoms with E-state index in [0.717, 1.165) is 6.08 Å². The Hall–Kier alpha value is -2.82. The van der Waals surface area contributed by atoms with Gasteiger partial charge in [0.05, 0.1) is 6.10 Å². The van der Waals surface area contributed by atoms with Crippen LogP contribution < -0.4 is 5.32 Å². The number of cyclic esters (lactones) is 1. The van der Waals surface area contributed by atoms with E-state index in [1.807, 2.05) is 6.92 Å². The number of phenolic OH excluding ortho intramolecular Hbond substituents is 1. The van der Waals surface area contributed by atoms with Crippen LogP contribution in [0.5, 0.6) is 5.75 Å². The maximum absolute atomic E-state index is 12.7. The Morgan fingerprint density at radius 3 is 2.64 bits per heavy atom. The molecule has 3 unspecified atom stereocenters. The van der Waals surface area contributed by atoms with Gasteiger partial charge in [-0.3, -0.25) is 4.79 Å². The van der Waals surface area contributed by atoms with Crippen molar-refractivity contribution >= 4 is 17.4 Å². The molecule has 0 aliphatic carbocycles. The number of hydrogen-bond donors (Lipinski definition) is 4. The monoisotopic (exact) mass is 387 g/mol. The number of benzene rings is 1. The molecule has 1 aromatic rings. The summed E-state index contributed by atoms with van der Waals surface area (Å²) in [6.07, 6.45) is -1.09. The van der Waals surface area contributed by atoms with Crippen molar-refractivity contribution in [3.05, 3.63) is 35.4 Å². The van der Waals surface area contributed by atoms with Crippen LogP contribution in [-0.4, -0.2) is 51.9 Å². The lowest BCUT2D eigenvalue weighted by molar-refractivity contribution is -0.127. The average molecular weight is 387 g/mol. The molecule has 2 rings (SSSR count). The molecule has 0 spiro atoms. The molecule has 0 saturated carbocycles. The van der Waals surface area contributed by atoms with Gasteiger partial charge in [-0.1, -0.05) is 24.8 Å². The molecule has 150 valence electrons. The van der Waals surface area contributed by atoms with Crippen molar-refractivity contribution in [2.24, 2.45) is 5.92 Å². The molecule has 7 nitrogen and oxygen atoms in total. The molecule has 0 saturated heterocycles. The van der Waals surface area contributed by atoms with Crippen molar-refractivity contribution in [3.63, 3.8) is 0 Å². The molecule has 1 heterocycles. The van der Waals surface area contributed by atoms with Gasteiger partial charge in [0.1, 0.15) is 23.5 Å². The molecule has 1 aliphatic rings. The van der Waals surface area contributed by atoms with E-state index in [1.165, 1.54) is 12.1 Å². The predicted molar refractivity (Wildman–Crippen MR) is 104 cm³/mol. The lowest BCUT2D eigenvalue weighted by atomic mass is 10.00. The summed E-state index contributed by atoms with van der Waals surface area (Å²) in [6.45, 7) is 5.88. The van der Waals surface area contributed by atoms with Crippen LogP contribution in [0, 0.1) is 17.8 Å². The Labute approximate surface area is 164 Å². The fourth-order valence-electron chi connectivity index (χ4n) is 2.63. The van der Waals surface area contributed by atoms with Gasteiger partial charge in [-0.05, 0) is 26.0 Å². The second-order valence-electron chi connectivity index (χ2n) is 6.70. The Kier molecular flexibility index (Phi) is 7.21. The number of fused-ring (bicyclic) bond motifs is 1. The molecule has 0 bridgehead atoms. The summed E-state index contributed by atoms with van der Waals surface area (Å²) in [4.78, 5) is 24.6. The smallest absolute Gasteiger partial charge is 0.343 e. The zero-order valence-electron chi connectivity index (χ0n) is 16.1. The summed E-state index contributed by atoms with van der Waals surface area (Å²) >= 11 is 0. The van der Waals surface area contributed by atoms with E-state index in [9.17, 15) is 24.9 Å². The van der Waals surface area contributed by atoms with Crippen LogP contribution >= 0.6 is 0 Å². The van der Waals surface area contributed by atoms with Crippen molar-refractivity contribution in [3.8, 4) is 17.6 Å². The molecule has 28 heavy (non-hydrogen) atoms. The zero-order valence-corrected chi connectivity index (χ0v) is 16.1. The number of hydrogen-bond acceptors (Lipinski definition) is 7. The number of ketones is 1. The lowest BCUT2D eigenvalue weighted by Crippen LogP contribution is -2.32. The number of aliphatic hydroxyl groups excluding tert-OH is 2. The third-order valence-corrected chi connectivity index (χ3v) is 4.49. The highest BCUT2D eigenvalue weighted by Crippen LogP contribution is 2.28. The number of phenols is 1. The third-order valence-electron chi connectivity index (χ3n) is 4.49. The van der Waals surface area contributed by atoms with E-state index < -0.39 is 30.1 Å². The fourth-order valence-corrected chi connectivity index (χ4v) is 2.63. The quantitative estimate of drug-likeness (QED) is 0.450. The number of esters is 1. The first-order chi connectivity index (χ1) is 13.2. The maximum Gasteiger partial charge on any atom is 0.343 e. The van der Waals surface area contributed by atoms with Crippen molar-refractivity contribution in [1.29, 1.82) is 0 Å². The van der Waals surface area contributed by atoms with Crippen LogP contribution in [0.4, 0.5) is 5.69 Å². The molecule has 0 radical (unpaired) electrons. The zero-order chi connectivity index (χ0) is 20.8. The largest absolute Gasteiger partial charge is 0.507 e. The number of carbonyl (C=O) groups is 2. The van der Waals surface area contributed by atoms with Gasteiger partial charge in [-0.15, -0.1) is 0 Å². The summed E-state index contributed by atoms with van der Waals surface area (Å²) in [7, 11) is 0. The van der Waals surface area contributed by atoms with E-state index in [-0.39, 0.29) is 29.2 Å². The highest BCUT2D eigenvalue weighted by Gasteiger charge is 2.25. The number of aliphatic hydroxyl groups is 2. The minimum Gasteiger partial charge on any atom is -0.507 e. The Morgan fingerprint density at radius 2 is 1.96 bits per heavy atom. The molecule has 4 atom stereocenters. The van der Waals surface area contributed by atoms with Gasteiger partial charge in [0, 0.05) is 36.2 Å². The predicted octanol–water partition coefficient (Wildman–Crippen LogP) is 1.61. The first kappa shape index (κ1) is 21.5. The van der Waals surface area contributed by atoms with E-state index >= 15 is 0 Å². The molecule has 0 aromatic heterocycles. The van der Waals surface area contributed by atoms with E-state index in [4.69, 9.17) is 4.74 Å². The fraction of sp³-hybridized carbons (Fsp3) is 0.429. The summed E-state index contributed by atoms with van der Waals surface area (Å²) in [6, 6.07) is 3.01. The molecule has 0 fully saturated rings. The highest BCUT2D eigenvalue weighted by molar-refractivity contribution is 5.96. The topological polar surface area (TPSA) is 116 Å². The number of aromatic hydroxyl groups is 1. The van der Waals surface area contributed by atoms with Crippen molar-refractivity contribution in [2.75, 3.05) is 11.9 Å². The molecular weight excluding hydrogens is 362 g/mol. The SMILES string of the molecule is CCNc1cc(O)c2c(c1)C#CCC(O)[C@H](O)C(=O)/C=C\C(C)C(C)OC2=O.